The molecule has 0 aromatic heterocycles. The van der Waals surface area contributed by atoms with E-state index in [0.29, 0.717) is 5.92 Å². The second kappa shape index (κ2) is 9.36. The van der Waals surface area contributed by atoms with Gasteiger partial charge in [0.25, 0.3) is 0 Å². The van der Waals surface area contributed by atoms with E-state index in [4.69, 9.17) is 0 Å². The van der Waals surface area contributed by atoms with Gasteiger partial charge in [0.1, 0.15) is 0 Å². The molecule has 0 aliphatic rings. The monoisotopic (exact) mass is 393 g/mol. The van der Waals surface area contributed by atoms with E-state index >= 15 is 0 Å². The Labute approximate surface area is 108 Å². The number of hydrogen-bond acceptors (Lipinski definition) is 0. The quantitative estimate of drug-likeness (QED) is 0.488. The van der Waals surface area contributed by atoms with E-state index in [1.165, 1.54) is 11.1 Å². The van der Waals surface area contributed by atoms with Crippen LogP contribution in [0.3, 0.4) is 0 Å². The van der Waals surface area contributed by atoms with Crippen LogP contribution >= 0.6 is 13.6 Å². The van der Waals surface area contributed by atoms with E-state index in [2.05, 4.69) is 75.0 Å². The fraction of sp³-hybridized carbons (Fsp3) is 0.400. The minimum atomic E-state index is 0. The van der Waals surface area contributed by atoms with Gasteiger partial charge in [0.05, 0.1) is 0 Å². The fourth-order valence-electron chi connectivity index (χ4n) is 0.874. The van der Waals surface area contributed by atoms with Crippen molar-refractivity contribution in [3.63, 3.8) is 0 Å². The molecule has 0 atom stereocenters. The molecule has 0 radical (unpaired) electrons. The first-order valence-electron chi connectivity index (χ1n) is 3.82. The predicted molar refractivity (Wildman–Crippen MR) is 53.0 cm³/mol. The van der Waals surface area contributed by atoms with Crippen molar-refractivity contribution in [2.75, 3.05) is 0 Å². The molecule has 0 saturated heterocycles. The number of rotatable bonds is 1. The van der Waals surface area contributed by atoms with Crippen LogP contribution in [0.5, 0.6) is 0 Å². The zero-order valence-electron chi connectivity index (χ0n) is 7.92. The molecule has 0 heterocycles. The molecule has 0 aliphatic heterocycles. The predicted octanol–water partition coefficient (Wildman–Crippen LogP) is 0.766. The van der Waals surface area contributed by atoms with E-state index < -0.39 is 0 Å². The van der Waals surface area contributed by atoms with Crippen molar-refractivity contribution >= 4 is 13.6 Å². The van der Waals surface area contributed by atoms with Gasteiger partial charge in [-0.1, -0.05) is 26.7 Å². The zero-order chi connectivity index (χ0) is 9.56. The minimum absolute atomic E-state index is 0. The van der Waals surface area contributed by atoms with Crippen LogP contribution in [-0.2, 0) is 16.3 Å². The third-order valence-electron chi connectivity index (χ3n) is 1.66. The van der Waals surface area contributed by atoms with E-state index in [1.54, 1.807) is 0 Å². The van der Waals surface area contributed by atoms with Crippen LogP contribution in [0.25, 0.3) is 0 Å². The summed E-state index contributed by atoms with van der Waals surface area (Å²) >= 11 is 5.03. The van der Waals surface area contributed by atoms with Crippen LogP contribution in [0.2, 0.25) is 0 Å². The summed E-state index contributed by atoms with van der Waals surface area (Å²) in [4.78, 5) is 0. The fourth-order valence-corrected chi connectivity index (χ4v) is 0.874. The van der Waals surface area contributed by atoms with Gasteiger partial charge in [-0.3, -0.25) is 0 Å². The maximum atomic E-state index is 3.18. The average molecular weight is 394 g/mol. The van der Waals surface area contributed by atoms with E-state index in [9.17, 15) is 0 Å². The van der Waals surface area contributed by atoms with Crippen molar-refractivity contribution < 1.29 is 33.3 Å². The van der Waals surface area contributed by atoms with Crippen molar-refractivity contribution in [3.8, 4) is 0 Å². The number of benzene rings is 1. The van der Waals surface area contributed by atoms with Gasteiger partial charge in [0, 0.05) is 0 Å². The summed E-state index contributed by atoms with van der Waals surface area (Å²) in [5, 5.41) is 0. The molecule has 0 nitrogen and oxygen atoms in total. The summed E-state index contributed by atoms with van der Waals surface area (Å²) in [6.45, 7) is 6.45. The van der Waals surface area contributed by atoms with E-state index in [-0.39, 0.29) is 17.0 Å². The van der Waals surface area contributed by atoms with Crippen LogP contribution < -0.4 is 17.0 Å². The van der Waals surface area contributed by atoms with E-state index in [1.807, 2.05) is 0 Å². The number of aryl methyl sites for hydroxylation is 1. The van der Waals surface area contributed by atoms with Crippen LogP contribution in [0.15, 0.2) is 18.2 Å². The number of halogens is 2. The molecule has 13 heavy (non-hydrogen) atoms. The average Bonchev–Trinajstić information content (AvgIpc) is 2.09. The zero-order valence-corrected chi connectivity index (χ0v) is 12.8. The van der Waals surface area contributed by atoms with Gasteiger partial charge in [-0.25, -0.2) is 0 Å². The van der Waals surface area contributed by atoms with Gasteiger partial charge in [0.2, 0.25) is 0 Å². The van der Waals surface area contributed by atoms with Crippen molar-refractivity contribution in [1.29, 1.82) is 0 Å². The Balaban J connectivity index is 0. The first kappa shape index (κ1) is 16.2. The molecular formula is C10H13Br2Ru. The molecule has 0 bridgehead atoms. The Hall–Kier alpha value is 0.803. The SMILES string of the molecule is Cc1[c-]cc(C(C)C)cc1.[Br-].[Br][Ru+2]. The van der Waals surface area contributed by atoms with Gasteiger partial charge >= 0.3 is 30.0 Å². The molecule has 0 spiro atoms. The van der Waals surface area contributed by atoms with Crippen molar-refractivity contribution in [2.24, 2.45) is 0 Å². The number of hydrogen-bond donors (Lipinski definition) is 0. The third kappa shape index (κ3) is 6.82. The van der Waals surface area contributed by atoms with Crippen molar-refractivity contribution in [3.05, 3.63) is 35.4 Å². The molecule has 1 aromatic carbocycles. The molecule has 75 valence electrons. The molecule has 1 aromatic rings. The summed E-state index contributed by atoms with van der Waals surface area (Å²) in [5.74, 6) is 0.622. The maximum absolute atomic E-state index is 3.18. The second-order valence-electron chi connectivity index (χ2n) is 2.96. The Morgan fingerprint density at radius 1 is 1.31 bits per heavy atom. The topological polar surface area (TPSA) is 0 Å². The summed E-state index contributed by atoms with van der Waals surface area (Å²) in [7, 11) is 0. The van der Waals surface area contributed by atoms with Gasteiger partial charge < -0.3 is 17.0 Å². The summed E-state index contributed by atoms with van der Waals surface area (Å²) in [5.41, 5.74) is 2.58. The first-order chi connectivity index (χ1) is 5.70. The first-order valence-corrected chi connectivity index (χ1v) is 7.79. The van der Waals surface area contributed by atoms with Gasteiger partial charge in [-0.2, -0.15) is 35.4 Å². The summed E-state index contributed by atoms with van der Waals surface area (Å²) in [6, 6.07) is 9.52. The molecule has 0 amide bonds. The van der Waals surface area contributed by atoms with Gasteiger partial charge in [-0.15, -0.1) is 0 Å². The molecule has 0 N–H and O–H groups in total. The Bertz CT molecular complexity index is 207. The summed E-state index contributed by atoms with van der Waals surface area (Å²) < 4.78 is 0. The summed E-state index contributed by atoms with van der Waals surface area (Å²) in [6.07, 6.45) is 0. The molecule has 0 unspecified atom stereocenters. The van der Waals surface area contributed by atoms with Crippen LogP contribution in [0.4, 0.5) is 0 Å². The molecule has 0 saturated carbocycles. The molecular weight excluding hydrogens is 381 g/mol. The molecule has 0 aliphatic carbocycles. The van der Waals surface area contributed by atoms with Crippen LogP contribution in [0.1, 0.15) is 30.9 Å². The van der Waals surface area contributed by atoms with Gasteiger partial charge in [0.15, 0.2) is 0 Å². The Morgan fingerprint density at radius 3 is 2.15 bits per heavy atom. The normalized spacial score (nSPS) is 8.38. The standard InChI is InChI=1S/C10H13.2BrH.Ru/c1-8(2)10-6-4-9(3)5-7-10;;;/h4,6-8H,1-3H3;2*1H;/q-1;;;+3/p-2. The van der Waals surface area contributed by atoms with Crippen LogP contribution in [0, 0.1) is 13.0 Å². The van der Waals surface area contributed by atoms with Crippen molar-refractivity contribution in [1.82, 2.24) is 0 Å². The van der Waals surface area contributed by atoms with Gasteiger partial charge in [-0.05, 0) is 0 Å². The van der Waals surface area contributed by atoms with E-state index in [0.717, 1.165) is 0 Å². The van der Waals surface area contributed by atoms with Crippen molar-refractivity contribution in [2.45, 2.75) is 26.7 Å². The Morgan fingerprint density at radius 2 is 1.85 bits per heavy atom. The van der Waals surface area contributed by atoms with Crippen LogP contribution in [-0.4, -0.2) is 0 Å². The third-order valence-corrected chi connectivity index (χ3v) is 1.66. The molecule has 3 heteroatoms. The second-order valence-corrected chi connectivity index (χ2v) is 2.96. The molecule has 1 rings (SSSR count). The molecule has 0 fully saturated rings. The Kier molecular flexibility index (Phi) is 11.7.